The van der Waals surface area contributed by atoms with Crippen molar-refractivity contribution in [2.45, 2.75) is 4.90 Å². The second-order valence-corrected chi connectivity index (χ2v) is 6.18. The van der Waals surface area contributed by atoms with Crippen molar-refractivity contribution in [3.63, 3.8) is 0 Å². The molecular formula is C16H15ClN2S. The van der Waals surface area contributed by atoms with E-state index in [-0.39, 0.29) is 0 Å². The molecule has 0 radical (unpaired) electrons. The number of thioether (sulfide) groups is 1. The van der Waals surface area contributed by atoms with Crippen LogP contribution >= 0.6 is 23.4 Å². The highest BCUT2D eigenvalue weighted by Gasteiger charge is 2.17. The van der Waals surface area contributed by atoms with Crippen LogP contribution in [0.3, 0.4) is 0 Å². The topological polar surface area (TPSA) is 15.6 Å². The van der Waals surface area contributed by atoms with Gasteiger partial charge in [0.05, 0.1) is 6.54 Å². The number of benzodiazepines with no additional fused rings is 1. The molecule has 2 nitrogen and oxygen atoms in total. The molecule has 2 aromatic rings. The van der Waals surface area contributed by atoms with Crippen molar-refractivity contribution in [1.29, 1.82) is 0 Å². The van der Waals surface area contributed by atoms with Crippen molar-refractivity contribution in [3.05, 3.63) is 59.1 Å². The summed E-state index contributed by atoms with van der Waals surface area (Å²) >= 11 is 7.86. The van der Waals surface area contributed by atoms with Gasteiger partial charge in [-0.15, -0.1) is 0 Å². The lowest BCUT2D eigenvalue weighted by Gasteiger charge is -2.19. The summed E-state index contributed by atoms with van der Waals surface area (Å²) in [4.78, 5) is 8.16. The monoisotopic (exact) mass is 302 g/mol. The number of anilines is 1. The molecule has 0 aromatic heterocycles. The molecule has 20 heavy (non-hydrogen) atoms. The van der Waals surface area contributed by atoms with Crippen molar-refractivity contribution in [2.24, 2.45) is 4.99 Å². The highest BCUT2D eigenvalue weighted by molar-refractivity contribution is 8.14. The number of likely N-dealkylation sites (N-methyl/N-ethyl adjacent to an activating group) is 1. The van der Waals surface area contributed by atoms with Gasteiger partial charge in [-0.05, 0) is 30.3 Å². The molecule has 0 unspecified atom stereocenters. The summed E-state index contributed by atoms with van der Waals surface area (Å²) in [5.74, 6) is 0. The molecule has 2 aromatic carbocycles. The lowest BCUT2D eigenvalue weighted by atomic mass is 10.2. The summed E-state index contributed by atoms with van der Waals surface area (Å²) in [5, 5.41) is 1.79. The Kier molecular flexibility index (Phi) is 3.99. The molecule has 1 heterocycles. The first-order valence-electron chi connectivity index (χ1n) is 6.52. The lowest BCUT2D eigenvalue weighted by molar-refractivity contribution is 0.897. The first-order chi connectivity index (χ1) is 9.74. The van der Waals surface area contributed by atoms with Crippen LogP contribution in [0.5, 0.6) is 0 Å². The van der Waals surface area contributed by atoms with Gasteiger partial charge in [0.2, 0.25) is 0 Å². The van der Waals surface area contributed by atoms with Gasteiger partial charge >= 0.3 is 0 Å². The van der Waals surface area contributed by atoms with Crippen LogP contribution in [0.1, 0.15) is 5.56 Å². The number of rotatable bonds is 1. The molecule has 0 aliphatic carbocycles. The third-order valence-corrected chi connectivity index (χ3v) is 4.53. The Labute approximate surface area is 128 Å². The standard InChI is InChI=1S/C16H15ClN2S/c1-19-10-9-18-16(20-13-5-3-2-4-6-13)14-11-12(17)7-8-15(14)19/h2-8,11H,9-10H2,1H3. The van der Waals surface area contributed by atoms with Crippen LogP contribution in [0, 0.1) is 0 Å². The Bertz CT molecular complexity index is 640. The van der Waals surface area contributed by atoms with Gasteiger partial charge in [-0.3, -0.25) is 4.99 Å². The van der Waals surface area contributed by atoms with Crippen molar-refractivity contribution in [2.75, 3.05) is 25.0 Å². The molecule has 1 aliphatic rings. The van der Waals surface area contributed by atoms with E-state index in [1.54, 1.807) is 11.8 Å². The summed E-state index contributed by atoms with van der Waals surface area (Å²) < 4.78 is 0. The normalized spacial score (nSPS) is 14.5. The van der Waals surface area contributed by atoms with Gasteiger partial charge in [0.15, 0.2) is 0 Å². The van der Waals surface area contributed by atoms with Crippen molar-refractivity contribution < 1.29 is 0 Å². The fraction of sp³-hybridized carbons (Fsp3) is 0.188. The average molecular weight is 303 g/mol. The van der Waals surface area contributed by atoms with Crippen LogP contribution in [0.15, 0.2) is 58.4 Å². The molecule has 0 N–H and O–H groups in total. The van der Waals surface area contributed by atoms with Crippen molar-refractivity contribution >= 4 is 34.1 Å². The van der Waals surface area contributed by atoms with Crippen LogP contribution in [-0.4, -0.2) is 25.2 Å². The third-order valence-electron chi connectivity index (χ3n) is 3.25. The first-order valence-corrected chi connectivity index (χ1v) is 7.72. The molecular weight excluding hydrogens is 288 g/mol. The number of aliphatic imine (C=N–C) groups is 1. The maximum atomic E-state index is 6.16. The van der Waals surface area contributed by atoms with Crippen molar-refractivity contribution in [1.82, 2.24) is 0 Å². The van der Waals surface area contributed by atoms with E-state index in [0.29, 0.717) is 0 Å². The summed E-state index contributed by atoms with van der Waals surface area (Å²) in [5.41, 5.74) is 2.31. The smallest absolute Gasteiger partial charge is 0.105 e. The Morgan fingerprint density at radius 1 is 1.15 bits per heavy atom. The average Bonchev–Trinajstić information content (AvgIpc) is 2.60. The van der Waals surface area contributed by atoms with E-state index in [4.69, 9.17) is 16.6 Å². The SMILES string of the molecule is CN1CCN=C(Sc2ccccc2)c2cc(Cl)ccc21. The number of nitrogens with zero attached hydrogens (tertiary/aromatic N) is 2. The first kappa shape index (κ1) is 13.5. The summed E-state index contributed by atoms with van der Waals surface area (Å²) in [6.45, 7) is 1.73. The zero-order chi connectivity index (χ0) is 13.9. The molecule has 0 spiro atoms. The Balaban J connectivity index is 2.01. The maximum absolute atomic E-state index is 6.16. The number of fused-ring (bicyclic) bond motifs is 1. The molecule has 0 amide bonds. The molecule has 0 fully saturated rings. The van der Waals surface area contributed by atoms with Gasteiger partial charge in [-0.1, -0.05) is 41.6 Å². The third kappa shape index (κ3) is 2.84. The second-order valence-electron chi connectivity index (χ2n) is 4.69. The molecule has 0 saturated carbocycles. The minimum absolute atomic E-state index is 0.750. The van der Waals surface area contributed by atoms with Gasteiger partial charge in [-0.2, -0.15) is 0 Å². The second kappa shape index (κ2) is 5.90. The number of halogens is 1. The van der Waals surface area contributed by atoms with Crippen LogP contribution in [0.25, 0.3) is 0 Å². The fourth-order valence-corrected chi connectivity index (χ4v) is 3.32. The Morgan fingerprint density at radius 3 is 2.75 bits per heavy atom. The van der Waals surface area contributed by atoms with Crippen LogP contribution in [0.4, 0.5) is 5.69 Å². The minimum atomic E-state index is 0.750. The van der Waals surface area contributed by atoms with E-state index in [1.807, 2.05) is 30.3 Å². The van der Waals surface area contributed by atoms with Crippen LogP contribution < -0.4 is 4.90 Å². The highest BCUT2D eigenvalue weighted by atomic mass is 35.5. The van der Waals surface area contributed by atoms with E-state index in [2.05, 4.69) is 30.1 Å². The maximum Gasteiger partial charge on any atom is 0.105 e. The number of hydrogen-bond donors (Lipinski definition) is 0. The van der Waals surface area contributed by atoms with Crippen molar-refractivity contribution in [3.8, 4) is 0 Å². The largest absolute Gasteiger partial charge is 0.372 e. The van der Waals surface area contributed by atoms with E-state index in [0.717, 1.165) is 28.7 Å². The van der Waals surface area contributed by atoms with Crippen LogP contribution in [0.2, 0.25) is 5.02 Å². The summed E-state index contributed by atoms with van der Waals surface area (Å²) in [6, 6.07) is 16.3. The molecule has 4 heteroatoms. The Morgan fingerprint density at radius 2 is 1.95 bits per heavy atom. The number of hydrogen-bond acceptors (Lipinski definition) is 3. The van der Waals surface area contributed by atoms with E-state index in [1.165, 1.54) is 10.6 Å². The Hall–Kier alpha value is -1.45. The zero-order valence-corrected chi connectivity index (χ0v) is 12.8. The summed E-state index contributed by atoms with van der Waals surface area (Å²) in [6.07, 6.45) is 0. The molecule has 0 saturated heterocycles. The van der Waals surface area contributed by atoms with E-state index < -0.39 is 0 Å². The van der Waals surface area contributed by atoms with Gasteiger partial charge in [0.25, 0.3) is 0 Å². The molecule has 0 bridgehead atoms. The van der Waals surface area contributed by atoms with Gasteiger partial charge in [0, 0.05) is 34.8 Å². The minimum Gasteiger partial charge on any atom is -0.372 e. The molecule has 0 atom stereocenters. The van der Waals surface area contributed by atoms with E-state index in [9.17, 15) is 0 Å². The van der Waals surface area contributed by atoms with Gasteiger partial charge in [-0.25, -0.2) is 0 Å². The number of benzene rings is 2. The fourth-order valence-electron chi connectivity index (χ4n) is 2.21. The lowest BCUT2D eigenvalue weighted by Crippen LogP contribution is -2.20. The quantitative estimate of drug-likeness (QED) is 0.779. The van der Waals surface area contributed by atoms with E-state index >= 15 is 0 Å². The molecule has 3 rings (SSSR count). The van der Waals surface area contributed by atoms with Gasteiger partial charge < -0.3 is 4.90 Å². The van der Waals surface area contributed by atoms with Gasteiger partial charge in [0.1, 0.15) is 5.04 Å². The highest BCUT2D eigenvalue weighted by Crippen LogP contribution is 2.32. The predicted molar refractivity (Wildman–Crippen MR) is 88.4 cm³/mol. The predicted octanol–water partition coefficient (Wildman–Crippen LogP) is 4.33. The molecule has 1 aliphatic heterocycles. The summed E-state index contributed by atoms with van der Waals surface area (Å²) in [7, 11) is 2.10. The molecule has 102 valence electrons. The van der Waals surface area contributed by atoms with Crippen LogP contribution in [-0.2, 0) is 0 Å². The zero-order valence-electron chi connectivity index (χ0n) is 11.2.